The van der Waals surface area contributed by atoms with Crippen LogP contribution in [0.1, 0.15) is 0 Å². The van der Waals surface area contributed by atoms with E-state index in [1.165, 1.54) is 10.8 Å². The Balaban J connectivity index is 1.17. The van der Waals surface area contributed by atoms with Gasteiger partial charge in [-0.3, -0.25) is 0 Å². The zero-order valence-corrected chi connectivity index (χ0v) is 28.6. The van der Waals surface area contributed by atoms with E-state index >= 15 is 0 Å². The molecule has 53 heavy (non-hydrogen) atoms. The van der Waals surface area contributed by atoms with Crippen molar-refractivity contribution in [3.05, 3.63) is 188 Å². The lowest BCUT2D eigenvalue weighted by atomic mass is 9.92. The van der Waals surface area contributed by atoms with Crippen LogP contribution in [0.25, 0.3) is 100 Å². The average Bonchev–Trinajstić information content (AvgIpc) is 3.62. The average molecular weight is 678 g/mol. The molecule has 0 unspecified atom stereocenters. The van der Waals surface area contributed by atoms with Gasteiger partial charge in [0, 0.05) is 27.5 Å². The van der Waals surface area contributed by atoms with Gasteiger partial charge in [0.2, 0.25) is 0 Å². The third-order valence-electron chi connectivity index (χ3n) is 9.93. The van der Waals surface area contributed by atoms with Crippen LogP contribution in [0, 0.1) is 0 Å². The molecule has 4 nitrogen and oxygen atoms in total. The van der Waals surface area contributed by atoms with Gasteiger partial charge in [-0.05, 0) is 74.5 Å². The van der Waals surface area contributed by atoms with Crippen LogP contribution in [0.15, 0.2) is 192 Å². The Kier molecular flexibility index (Phi) is 7.43. The highest BCUT2D eigenvalue weighted by Gasteiger charge is 2.19. The highest BCUT2D eigenvalue weighted by atomic mass is 16.3. The molecule has 0 spiro atoms. The van der Waals surface area contributed by atoms with Crippen LogP contribution in [-0.4, -0.2) is 15.0 Å². The largest absolute Gasteiger partial charge is 0.456 e. The van der Waals surface area contributed by atoms with Gasteiger partial charge < -0.3 is 4.42 Å². The first-order valence-corrected chi connectivity index (χ1v) is 17.8. The molecule has 2 aromatic heterocycles. The highest BCUT2D eigenvalue weighted by molar-refractivity contribution is 6.13. The van der Waals surface area contributed by atoms with E-state index in [1.54, 1.807) is 0 Å². The summed E-state index contributed by atoms with van der Waals surface area (Å²) in [7, 11) is 0. The summed E-state index contributed by atoms with van der Waals surface area (Å²) >= 11 is 0. The Labute approximate surface area is 306 Å². The lowest BCUT2D eigenvalue weighted by Crippen LogP contribution is -2.01. The number of aromatic nitrogens is 3. The van der Waals surface area contributed by atoms with Gasteiger partial charge in [-0.1, -0.05) is 158 Å². The number of hydrogen-bond acceptors (Lipinski definition) is 4. The summed E-state index contributed by atoms with van der Waals surface area (Å²) in [6.07, 6.45) is 0. The van der Waals surface area contributed by atoms with Crippen molar-refractivity contribution in [2.75, 3.05) is 0 Å². The van der Waals surface area contributed by atoms with E-state index in [0.29, 0.717) is 17.5 Å². The molecule has 10 rings (SSSR count). The fourth-order valence-electron chi connectivity index (χ4n) is 7.31. The smallest absolute Gasteiger partial charge is 0.164 e. The molecule has 0 aliphatic heterocycles. The quantitative estimate of drug-likeness (QED) is 0.176. The Bertz CT molecular complexity index is 2940. The number of furan rings is 1. The predicted molar refractivity (Wildman–Crippen MR) is 217 cm³/mol. The molecule has 2 heterocycles. The van der Waals surface area contributed by atoms with Crippen molar-refractivity contribution in [3.63, 3.8) is 0 Å². The predicted octanol–water partition coefficient (Wildman–Crippen LogP) is 12.9. The fraction of sp³-hybridized carbons (Fsp3) is 0. The maximum atomic E-state index is 6.45. The van der Waals surface area contributed by atoms with Gasteiger partial charge in [0.15, 0.2) is 17.5 Å². The van der Waals surface area contributed by atoms with Crippen LogP contribution >= 0.6 is 0 Å². The molecule has 0 bridgehead atoms. The van der Waals surface area contributed by atoms with E-state index in [2.05, 4.69) is 133 Å². The van der Waals surface area contributed by atoms with Gasteiger partial charge in [0.05, 0.1) is 0 Å². The van der Waals surface area contributed by atoms with Crippen LogP contribution in [0.3, 0.4) is 0 Å². The molecule has 0 atom stereocenters. The molecule has 8 aromatic carbocycles. The van der Waals surface area contributed by atoms with Gasteiger partial charge >= 0.3 is 0 Å². The normalized spacial score (nSPS) is 11.4. The summed E-state index contributed by atoms with van der Waals surface area (Å²) < 4.78 is 6.45. The number of rotatable bonds is 6. The molecule has 0 saturated heterocycles. The van der Waals surface area contributed by atoms with Crippen LogP contribution in [-0.2, 0) is 0 Å². The number of fused-ring (bicyclic) bond motifs is 4. The molecule has 0 amide bonds. The molecule has 0 aliphatic rings. The van der Waals surface area contributed by atoms with Crippen molar-refractivity contribution in [1.82, 2.24) is 15.0 Å². The lowest BCUT2D eigenvalue weighted by Gasteiger charge is -2.14. The second-order valence-corrected chi connectivity index (χ2v) is 13.2. The Hall–Kier alpha value is -7.17. The van der Waals surface area contributed by atoms with Crippen molar-refractivity contribution in [3.8, 4) is 67.5 Å². The summed E-state index contributed by atoms with van der Waals surface area (Å²) in [6.45, 7) is 0. The third-order valence-corrected chi connectivity index (χ3v) is 9.93. The first-order chi connectivity index (χ1) is 26.2. The van der Waals surface area contributed by atoms with Gasteiger partial charge in [-0.2, -0.15) is 0 Å². The Morgan fingerprint density at radius 1 is 0.302 bits per heavy atom. The van der Waals surface area contributed by atoms with Crippen molar-refractivity contribution >= 4 is 32.7 Å². The minimum Gasteiger partial charge on any atom is -0.456 e. The van der Waals surface area contributed by atoms with Crippen LogP contribution < -0.4 is 0 Å². The minimum atomic E-state index is 0.589. The fourth-order valence-corrected chi connectivity index (χ4v) is 7.31. The van der Waals surface area contributed by atoms with Crippen molar-refractivity contribution in [2.24, 2.45) is 0 Å². The molecule has 4 heteroatoms. The van der Waals surface area contributed by atoms with Crippen molar-refractivity contribution in [2.45, 2.75) is 0 Å². The van der Waals surface area contributed by atoms with E-state index in [1.807, 2.05) is 54.6 Å². The van der Waals surface area contributed by atoms with Gasteiger partial charge in [-0.25, -0.2) is 15.0 Å². The van der Waals surface area contributed by atoms with Crippen LogP contribution in [0.4, 0.5) is 0 Å². The molecular formula is C49H31N3O. The first-order valence-electron chi connectivity index (χ1n) is 17.8. The van der Waals surface area contributed by atoms with Crippen LogP contribution in [0.5, 0.6) is 0 Å². The van der Waals surface area contributed by atoms with E-state index in [0.717, 1.165) is 72.0 Å². The van der Waals surface area contributed by atoms with Gasteiger partial charge in [-0.15, -0.1) is 0 Å². The van der Waals surface area contributed by atoms with E-state index in [9.17, 15) is 0 Å². The number of nitrogens with zero attached hydrogens (tertiary/aromatic N) is 3. The van der Waals surface area contributed by atoms with E-state index in [-0.39, 0.29) is 0 Å². The Morgan fingerprint density at radius 3 is 1.64 bits per heavy atom. The standard InChI is InChI=1S/C49H31N3O/c1-4-14-33(15-5-1)40-27-25-39(31-42(40)34-16-6-2-7-17-34)48-50-47(35-18-8-3-9-19-35)51-49(52-48)41-21-12-22-45-46(41)43-30-38(26-28-44(43)53-45)37-24-23-32-13-10-11-20-36(32)29-37/h1-31H. The zero-order chi connectivity index (χ0) is 35.1. The van der Waals surface area contributed by atoms with Gasteiger partial charge in [0.25, 0.3) is 0 Å². The first kappa shape index (κ1) is 30.6. The number of hydrogen-bond donors (Lipinski definition) is 0. The zero-order valence-electron chi connectivity index (χ0n) is 28.6. The summed E-state index contributed by atoms with van der Waals surface area (Å²) in [4.78, 5) is 15.5. The monoisotopic (exact) mass is 677 g/mol. The summed E-state index contributed by atoms with van der Waals surface area (Å²) in [5.41, 5.74) is 11.1. The molecule has 248 valence electrons. The lowest BCUT2D eigenvalue weighted by molar-refractivity contribution is 0.669. The molecule has 0 radical (unpaired) electrons. The number of benzene rings is 8. The summed E-state index contributed by atoms with van der Waals surface area (Å²) in [6, 6.07) is 65.2. The second-order valence-electron chi connectivity index (χ2n) is 13.2. The minimum absolute atomic E-state index is 0.589. The molecule has 0 aliphatic carbocycles. The SMILES string of the molecule is c1ccc(-c2nc(-c3ccc(-c4ccccc4)c(-c4ccccc4)c3)nc(-c3cccc4oc5ccc(-c6ccc7ccccc7c6)cc5c34)n2)cc1. The third kappa shape index (κ3) is 5.63. The molecular weight excluding hydrogens is 647 g/mol. The highest BCUT2D eigenvalue weighted by Crippen LogP contribution is 2.40. The van der Waals surface area contributed by atoms with E-state index in [4.69, 9.17) is 19.4 Å². The van der Waals surface area contributed by atoms with Crippen molar-refractivity contribution in [1.29, 1.82) is 0 Å². The van der Waals surface area contributed by atoms with Crippen LogP contribution in [0.2, 0.25) is 0 Å². The maximum Gasteiger partial charge on any atom is 0.164 e. The topological polar surface area (TPSA) is 51.8 Å². The second kappa shape index (κ2) is 12.9. The molecule has 10 aromatic rings. The molecule has 0 saturated carbocycles. The summed E-state index contributed by atoms with van der Waals surface area (Å²) in [5.74, 6) is 1.81. The molecule has 0 N–H and O–H groups in total. The van der Waals surface area contributed by atoms with Gasteiger partial charge in [0.1, 0.15) is 11.2 Å². The van der Waals surface area contributed by atoms with E-state index < -0.39 is 0 Å². The maximum absolute atomic E-state index is 6.45. The Morgan fingerprint density at radius 2 is 0.887 bits per heavy atom. The summed E-state index contributed by atoms with van der Waals surface area (Å²) in [5, 5.41) is 4.42. The van der Waals surface area contributed by atoms with Crippen molar-refractivity contribution < 1.29 is 4.42 Å². The molecule has 0 fully saturated rings.